The molecule has 0 radical (unpaired) electrons. The molecule has 2 heteroatoms. The Kier molecular flexibility index (Phi) is 6.56. The number of aryl methyl sites for hydroxylation is 2. The second-order valence-electron chi connectivity index (χ2n) is 5.64. The highest BCUT2D eigenvalue weighted by Gasteiger charge is 1.97. The van der Waals surface area contributed by atoms with Gasteiger partial charge in [0.25, 0.3) is 0 Å². The Morgan fingerprint density at radius 3 is 1.36 bits per heavy atom. The van der Waals surface area contributed by atoms with Gasteiger partial charge in [-0.05, 0) is 50.7 Å². The standard InChI is InChI=1S/C20H24N2/c1-17(13-15-19-9-5-3-6-10-19)21-22-18(2)14-16-20-11-7-4-8-12-20/h3-12H,13-16H2,1-2H3/b21-17-,22-18-. The molecule has 0 N–H and O–H groups in total. The third kappa shape index (κ3) is 6.04. The molecule has 0 bridgehead atoms. The van der Waals surface area contributed by atoms with Crippen molar-refractivity contribution in [3.63, 3.8) is 0 Å². The predicted molar refractivity (Wildman–Crippen MR) is 95.7 cm³/mol. The summed E-state index contributed by atoms with van der Waals surface area (Å²) in [5.74, 6) is 0. The van der Waals surface area contributed by atoms with Crippen molar-refractivity contribution in [3.05, 3.63) is 71.8 Å². The van der Waals surface area contributed by atoms with Crippen molar-refractivity contribution in [1.82, 2.24) is 0 Å². The zero-order valence-electron chi connectivity index (χ0n) is 13.5. The molecule has 0 saturated carbocycles. The van der Waals surface area contributed by atoms with Crippen molar-refractivity contribution in [1.29, 1.82) is 0 Å². The highest BCUT2D eigenvalue weighted by Crippen LogP contribution is 2.05. The molecule has 0 unspecified atom stereocenters. The van der Waals surface area contributed by atoms with E-state index in [-0.39, 0.29) is 0 Å². The Labute approximate surface area is 133 Å². The van der Waals surface area contributed by atoms with Gasteiger partial charge in [-0.2, -0.15) is 10.2 Å². The van der Waals surface area contributed by atoms with E-state index in [4.69, 9.17) is 0 Å². The molecule has 2 aromatic carbocycles. The fourth-order valence-electron chi connectivity index (χ4n) is 2.21. The molecule has 0 saturated heterocycles. The van der Waals surface area contributed by atoms with Gasteiger partial charge >= 0.3 is 0 Å². The van der Waals surface area contributed by atoms with Gasteiger partial charge in [0.05, 0.1) is 0 Å². The molecule has 2 nitrogen and oxygen atoms in total. The Morgan fingerprint density at radius 1 is 0.636 bits per heavy atom. The van der Waals surface area contributed by atoms with Crippen molar-refractivity contribution in [3.8, 4) is 0 Å². The van der Waals surface area contributed by atoms with Crippen LogP contribution in [0.15, 0.2) is 70.9 Å². The highest BCUT2D eigenvalue weighted by atomic mass is 15.2. The first-order valence-electron chi connectivity index (χ1n) is 7.88. The van der Waals surface area contributed by atoms with Crippen LogP contribution in [-0.4, -0.2) is 11.4 Å². The fourth-order valence-corrected chi connectivity index (χ4v) is 2.21. The minimum absolute atomic E-state index is 0.958. The van der Waals surface area contributed by atoms with Crippen LogP contribution < -0.4 is 0 Å². The molecule has 22 heavy (non-hydrogen) atoms. The molecule has 0 aliphatic heterocycles. The minimum atomic E-state index is 0.958. The first-order chi connectivity index (χ1) is 10.7. The molecule has 0 amide bonds. The molecular formula is C20H24N2. The summed E-state index contributed by atoms with van der Waals surface area (Å²) in [5.41, 5.74) is 4.87. The molecule has 0 heterocycles. The molecule has 0 aromatic heterocycles. The van der Waals surface area contributed by atoms with Crippen molar-refractivity contribution in [2.75, 3.05) is 0 Å². The number of nitrogens with zero attached hydrogens (tertiary/aromatic N) is 2. The van der Waals surface area contributed by atoms with Gasteiger partial charge in [-0.25, -0.2) is 0 Å². The highest BCUT2D eigenvalue weighted by molar-refractivity contribution is 5.85. The Hall–Kier alpha value is -2.22. The summed E-state index contributed by atoms with van der Waals surface area (Å²) in [6, 6.07) is 21.0. The number of benzene rings is 2. The summed E-state index contributed by atoms with van der Waals surface area (Å²) in [5, 5.41) is 8.71. The zero-order valence-corrected chi connectivity index (χ0v) is 13.5. The Balaban J connectivity index is 1.78. The van der Waals surface area contributed by atoms with Crippen molar-refractivity contribution < 1.29 is 0 Å². The van der Waals surface area contributed by atoms with Crippen LogP contribution >= 0.6 is 0 Å². The molecule has 2 rings (SSSR count). The molecular weight excluding hydrogens is 268 g/mol. The van der Waals surface area contributed by atoms with Gasteiger partial charge in [-0.15, -0.1) is 0 Å². The van der Waals surface area contributed by atoms with Crippen molar-refractivity contribution >= 4 is 11.4 Å². The lowest BCUT2D eigenvalue weighted by atomic mass is 10.1. The van der Waals surface area contributed by atoms with Gasteiger partial charge in [0.1, 0.15) is 0 Å². The van der Waals surface area contributed by atoms with E-state index in [0.717, 1.165) is 37.1 Å². The molecule has 114 valence electrons. The molecule has 0 aliphatic rings. The average molecular weight is 292 g/mol. The second-order valence-corrected chi connectivity index (χ2v) is 5.64. The van der Waals surface area contributed by atoms with E-state index in [1.54, 1.807) is 0 Å². The average Bonchev–Trinajstić information content (AvgIpc) is 2.58. The van der Waals surface area contributed by atoms with Crippen LogP contribution in [0, 0.1) is 0 Å². The summed E-state index contributed by atoms with van der Waals surface area (Å²) < 4.78 is 0. The van der Waals surface area contributed by atoms with Crippen molar-refractivity contribution in [2.45, 2.75) is 39.5 Å². The van der Waals surface area contributed by atoms with E-state index in [2.05, 4.69) is 72.6 Å². The molecule has 2 aromatic rings. The van der Waals surface area contributed by atoms with E-state index < -0.39 is 0 Å². The first-order valence-corrected chi connectivity index (χ1v) is 7.88. The largest absolute Gasteiger partial charge is 0.160 e. The summed E-state index contributed by atoms with van der Waals surface area (Å²) in [6.45, 7) is 4.10. The van der Waals surface area contributed by atoms with Gasteiger partial charge in [0, 0.05) is 11.4 Å². The summed E-state index contributed by atoms with van der Waals surface area (Å²) in [6.07, 6.45) is 3.96. The van der Waals surface area contributed by atoms with E-state index in [1.165, 1.54) is 11.1 Å². The van der Waals surface area contributed by atoms with Crippen LogP contribution in [-0.2, 0) is 12.8 Å². The third-order valence-electron chi connectivity index (χ3n) is 3.63. The van der Waals surface area contributed by atoms with Gasteiger partial charge < -0.3 is 0 Å². The van der Waals surface area contributed by atoms with Gasteiger partial charge in [-0.3, -0.25) is 0 Å². The Bertz CT molecular complexity index is 555. The van der Waals surface area contributed by atoms with Crippen LogP contribution in [0.4, 0.5) is 0 Å². The van der Waals surface area contributed by atoms with E-state index >= 15 is 0 Å². The fraction of sp³-hybridized carbons (Fsp3) is 0.300. The molecule has 0 atom stereocenters. The summed E-state index contributed by atoms with van der Waals surface area (Å²) in [4.78, 5) is 0. The zero-order chi connectivity index (χ0) is 15.6. The maximum Gasteiger partial charge on any atom is 0.0378 e. The number of hydrogen-bond donors (Lipinski definition) is 0. The van der Waals surface area contributed by atoms with Gasteiger partial charge in [-0.1, -0.05) is 60.7 Å². The topological polar surface area (TPSA) is 24.7 Å². The van der Waals surface area contributed by atoms with Gasteiger partial charge in [0.2, 0.25) is 0 Å². The SMILES string of the molecule is C/C(CCc1ccccc1)=N/N=C(/C)CCc1ccccc1. The minimum Gasteiger partial charge on any atom is -0.160 e. The summed E-state index contributed by atoms with van der Waals surface area (Å²) in [7, 11) is 0. The normalized spacial score (nSPS) is 12.5. The second kappa shape index (κ2) is 8.93. The van der Waals surface area contributed by atoms with E-state index in [0.29, 0.717) is 0 Å². The van der Waals surface area contributed by atoms with E-state index in [1.807, 2.05) is 12.1 Å². The smallest absolute Gasteiger partial charge is 0.0378 e. The van der Waals surface area contributed by atoms with Crippen LogP contribution in [0.5, 0.6) is 0 Å². The lowest BCUT2D eigenvalue weighted by Gasteiger charge is -2.01. The predicted octanol–water partition coefficient (Wildman–Crippen LogP) is 5.09. The lowest BCUT2D eigenvalue weighted by molar-refractivity contribution is 0.996. The quantitative estimate of drug-likeness (QED) is 0.501. The number of hydrogen-bond acceptors (Lipinski definition) is 2. The monoisotopic (exact) mass is 292 g/mol. The third-order valence-corrected chi connectivity index (χ3v) is 3.63. The van der Waals surface area contributed by atoms with Crippen LogP contribution in [0.25, 0.3) is 0 Å². The molecule has 0 spiro atoms. The van der Waals surface area contributed by atoms with E-state index in [9.17, 15) is 0 Å². The van der Waals surface area contributed by atoms with Crippen LogP contribution in [0.1, 0.15) is 37.8 Å². The number of rotatable bonds is 7. The van der Waals surface area contributed by atoms with Crippen molar-refractivity contribution in [2.24, 2.45) is 10.2 Å². The maximum atomic E-state index is 4.36. The van der Waals surface area contributed by atoms with Crippen LogP contribution in [0.3, 0.4) is 0 Å². The van der Waals surface area contributed by atoms with Crippen LogP contribution in [0.2, 0.25) is 0 Å². The molecule has 0 fully saturated rings. The Morgan fingerprint density at radius 2 is 1.00 bits per heavy atom. The van der Waals surface area contributed by atoms with Gasteiger partial charge in [0.15, 0.2) is 0 Å². The first kappa shape index (κ1) is 16.2. The molecule has 0 aliphatic carbocycles. The maximum absolute atomic E-state index is 4.36. The summed E-state index contributed by atoms with van der Waals surface area (Å²) >= 11 is 0. The lowest BCUT2D eigenvalue weighted by Crippen LogP contribution is -1.97.